The molecule has 4 rings (SSSR count). The first-order chi connectivity index (χ1) is 19.2. The Morgan fingerprint density at radius 2 is 1.60 bits per heavy atom. The SMILES string of the molecule is CNC(=O)N1CCCN(c2ccc(C(=O)NC(Cl)Cc3ccc(Cl)cc3)cc2NC(=O)c2cccc(Cl)c2)CC1. The third-order valence-electron chi connectivity index (χ3n) is 6.55. The fourth-order valence-corrected chi connectivity index (χ4v) is 5.09. The number of hydrogen-bond acceptors (Lipinski definition) is 4. The molecular formula is C29H30Cl3N5O3. The van der Waals surface area contributed by atoms with E-state index < -0.39 is 5.50 Å². The number of urea groups is 1. The molecule has 1 saturated heterocycles. The van der Waals surface area contributed by atoms with E-state index >= 15 is 0 Å². The number of rotatable bonds is 7. The maximum absolute atomic E-state index is 13.2. The highest BCUT2D eigenvalue weighted by Crippen LogP contribution is 2.29. The average Bonchev–Trinajstić information content (AvgIpc) is 3.20. The highest BCUT2D eigenvalue weighted by molar-refractivity contribution is 6.31. The Balaban J connectivity index is 1.56. The molecule has 3 N–H and O–H groups in total. The van der Waals surface area contributed by atoms with Crippen molar-refractivity contribution in [2.45, 2.75) is 18.3 Å². The molecule has 210 valence electrons. The van der Waals surface area contributed by atoms with Gasteiger partial charge in [-0.3, -0.25) is 9.59 Å². The van der Waals surface area contributed by atoms with Crippen LogP contribution < -0.4 is 20.9 Å². The van der Waals surface area contributed by atoms with Crippen LogP contribution in [0.1, 0.15) is 32.7 Å². The molecule has 1 atom stereocenters. The number of nitrogens with one attached hydrogen (secondary N) is 3. The molecule has 3 aromatic rings. The minimum Gasteiger partial charge on any atom is -0.368 e. The van der Waals surface area contributed by atoms with E-state index in [1.54, 1.807) is 66.5 Å². The third kappa shape index (κ3) is 7.81. The Kier molecular flexibility index (Phi) is 10.1. The second-order valence-corrected chi connectivity index (χ2v) is 10.8. The van der Waals surface area contributed by atoms with Crippen molar-refractivity contribution in [1.29, 1.82) is 0 Å². The summed E-state index contributed by atoms with van der Waals surface area (Å²) in [6, 6.07) is 18.9. The van der Waals surface area contributed by atoms with Crippen LogP contribution in [-0.2, 0) is 6.42 Å². The van der Waals surface area contributed by atoms with Crippen LogP contribution in [0.25, 0.3) is 0 Å². The molecule has 0 bridgehead atoms. The van der Waals surface area contributed by atoms with Crippen molar-refractivity contribution in [2.75, 3.05) is 43.4 Å². The number of alkyl halides is 1. The molecule has 1 fully saturated rings. The molecule has 1 aliphatic rings. The lowest BCUT2D eigenvalue weighted by molar-refractivity contribution is 0.0947. The van der Waals surface area contributed by atoms with Gasteiger partial charge >= 0.3 is 6.03 Å². The molecule has 4 amide bonds. The van der Waals surface area contributed by atoms with Crippen molar-refractivity contribution in [3.63, 3.8) is 0 Å². The number of anilines is 2. The summed E-state index contributed by atoms with van der Waals surface area (Å²) in [5.41, 5.74) is 2.22. The van der Waals surface area contributed by atoms with Crippen molar-refractivity contribution in [1.82, 2.24) is 15.5 Å². The standard InChI is InChI=1S/C29H30Cl3N5O3/c1-33-29(40)37-13-3-12-36(14-15-37)25-11-8-21(18-24(25)34-27(38)20-4-2-5-23(31)17-20)28(39)35-26(32)16-19-6-9-22(30)10-7-19/h2,4-11,17-18,26H,3,12-16H2,1H3,(H,33,40)(H,34,38)(H,35,39). The Morgan fingerprint density at radius 1 is 0.850 bits per heavy atom. The molecule has 1 aliphatic heterocycles. The first-order valence-electron chi connectivity index (χ1n) is 12.9. The maximum atomic E-state index is 13.2. The molecule has 0 spiro atoms. The van der Waals surface area contributed by atoms with Crippen LogP contribution in [0, 0.1) is 0 Å². The normalized spacial score (nSPS) is 14.2. The molecule has 11 heteroatoms. The van der Waals surface area contributed by atoms with Crippen LogP contribution in [0.4, 0.5) is 16.2 Å². The molecule has 0 aromatic heterocycles. The van der Waals surface area contributed by atoms with Crippen molar-refractivity contribution in [3.05, 3.63) is 93.5 Å². The second-order valence-electron chi connectivity index (χ2n) is 9.35. The van der Waals surface area contributed by atoms with E-state index in [1.807, 2.05) is 12.1 Å². The van der Waals surface area contributed by atoms with Crippen LogP contribution in [0.5, 0.6) is 0 Å². The van der Waals surface area contributed by atoms with Gasteiger partial charge in [0.15, 0.2) is 0 Å². The van der Waals surface area contributed by atoms with Crippen LogP contribution in [0.15, 0.2) is 66.7 Å². The Labute approximate surface area is 248 Å². The minimum atomic E-state index is -0.654. The summed E-state index contributed by atoms with van der Waals surface area (Å²) in [6.45, 7) is 2.36. The van der Waals surface area contributed by atoms with E-state index in [1.165, 1.54) is 0 Å². The van der Waals surface area contributed by atoms with E-state index in [0.29, 0.717) is 59.5 Å². The molecule has 8 nitrogen and oxygen atoms in total. The number of benzene rings is 3. The van der Waals surface area contributed by atoms with Gasteiger partial charge < -0.3 is 25.8 Å². The summed E-state index contributed by atoms with van der Waals surface area (Å²) in [6.07, 6.45) is 1.16. The molecular weight excluding hydrogens is 573 g/mol. The van der Waals surface area contributed by atoms with Crippen LogP contribution in [0.2, 0.25) is 10.0 Å². The van der Waals surface area contributed by atoms with Crippen LogP contribution >= 0.6 is 34.8 Å². The van der Waals surface area contributed by atoms with E-state index in [9.17, 15) is 14.4 Å². The molecule has 0 radical (unpaired) electrons. The molecule has 3 aromatic carbocycles. The number of hydrogen-bond donors (Lipinski definition) is 3. The first kappa shape index (κ1) is 29.5. The molecule has 0 saturated carbocycles. The van der Waals surface area contributed by atoms with Gasteiger partial charge in [-0.2, -0.15) is 0 Å². The first-order valence-corrected chi connectivity index (χ1v) is 14.0. The highest BCUT2D eigenvalue weighted by atomic mass is 35.5. The number of halogens is 3. The lowest BCUT2D eigenvalue weighted by Gasteiger charge is -2.26. The third-order valence-corrected chi connectivity index (χ3v) is 7.30. The van der Waals surface area contributed by atoms with Gasteiger partial charge in [-0.15, -0.1) is 0 Å². The average molecular weight is 603 g/mol. The lowest BCUT2D eigenvalue weighted by atomic mass is 10.1. The lowest BCUT2D eigenvalue weighted by Crippen LogP contribution is -2.40. The summed E-state index contributed by atoms with van der Waals surface area (Å²) in [5, 5.41) is 9.50. The van der Waals surface area contributed by atoms with Crippen molar-refractivity contribution >= 4 is 64.0 Å². The van der Waals surface area contributed by atoms with Gasteiger partial charge in [-0.25, -0.2) is 4.79 Å². The predicted molar refractivity (Wildman–Crippen MR) is 161 cm³/mol. The monoisotopic (exact) mass is 601 g/mol. The van der Waals surface area contributed by atoms with Gasteiger partial charge in [0.1, 0.15) is 5.50 Å². The highest BCUT2D eigenvalue weighted by Gasteiger charge is 2.22. The van der Waals surface area contributed by atoms with Gasteiger partial charge in [0.2, 0.25) is 0 Å². The Morgan fingerprint density at radius 3 is 2.33 bits per heavy atom. The largest absolute Gasteiger partial charge is 0.368 e. The predicted octanol–water partition coefficient (Wildman–Crippen LogP) is 5.63. The smallest absolute Gasteiger partial charge is 0.317 e. The number of carbonyl (C=O) groups is 3. The van der Waals surface area contributed by atoms with Gasteiger partial charge in [0, 0.05) is 60.8 Å². The minimum absolute atomic E-state index is 0.127. The summed E-state index contributed by atoms with van der Waals surface area (Å²) in [7, 11) is 1.61. The van der Waals surface area contributed by atoms with E-state index in [2.05, 4.69) is 20.9 Å². The van der Waals surface area contributed by atoms with E-state index in [4.69, 9.17) is 34.8 Å². The number of amides is 4. The zero-order chi connectivity index (χ0) is 28.6. The fourth-order valence-electron chi connectivity index (χ4n) is 4.50. The zero-order valence-corrected chi connectivity index (χ0v) is 24.2. The Hall–Kier alpha value is -3.46. The molecule has 0 aliphatic carbocycles. The van der Waals surface area contributed by atoms with Gasteiger partial charge in [-0.1, -0.05) is 53.0 Å². The van der Waals surface area contributed by atoms with Crippen molar-refractivity contribution in [2.24, 2.45) is 0 Å². The quantitative estimate of drug-likeness (QED) is 0.241. The topological polar surface area (TPSA) is 93.8 Å². The fraction of sp³-hybridized carbons (Fsp3) is 0.276. The Bertz CT molecular complexity index is 1370. The summed E-state index contributed by atoms with van der Waals surface area (Å²) in [5.74, 6) is -0.735. The van der Waals surface area contributed by atoms with Crippen LogP contribution in [0.3, 0.4) is 0 Å². The van der Waals surface area contributed by atoms with Crippen molar-refractivity contribution in [3.8, 4) is 0 Å². The second kappa shape index (κ2) is 13.7. The summed E-state index contributed by atoms with van der Waals surface area (Å²) < 4.78 is 0. The van der Waals surface area contributed by atoms with Crippen LogP contribution in [-0.4, -0.2) is 61.5 Å². The summed E-state index contributed by atoms with van der Waals surface area (Å²) in [4.78, 5) is 42.3. The van der Waals surface area contributed by atoms with Gasteiger partial charge in [0.25, 0.3) is 11.8 Å². The molecule has 1 heterocycles. The molecule has 1 unspecified atom stereocenters. The number of carbonyl (C=O) groups excluding carboxylic acids is 3. The maximum Gasteiger partial charge on any atom is 0.317 e. The zero-order valence-electron chi connectivity index (χ0n) is 21.9. The van der Waals surface area contributed by atoms with Gasteiger partial charge in [-0.05, 0) is 60.5 Å². The molecule has 40 heavy (non-hydrogen) atoms. The van der Waals surface area contributed by atoms with E-state index in [0.717, 1.165) is 17.7 Å². The van der Waals surface area contributed by atoms with Gasteiger partial charge in [0.05, 0.1) is 11.4 Å². The number of nitrogens with zero attached hydrogens (tertiary/aromatic N) is 2. The van der Waals surface area contributed by atoms with E-state index in [-0.39, 0.29) is 17.8 Å². The van der Waals surface area contributed by atoms with Crippen molar-refractivity contribution < 1.29 is 14.4 Å². The summed E-state index contributed by atoms with van der Waals surface area (Å²) >= 11 is 18.5.